The van der Waals surface area contributed by atoms with Gasteiger partial charge in [-0.2, -0.15) is 0 Å². The van der Waals surface area contributed by atoms with Gasteiger partial charge in [0.1, 0.15) is 6.67 Å². The molecule has 70 valence electrons. The van der Waals surface area contributed by atoms with E-state index in [-0.39, 0.29) is 12.1 Å². The Morgan fingerprint density at radius 3 is 2.62 bits per heavy atom. The van der Waals surface area contributed by atoms with E-state index in [1.54, 1.807) is 6.07 Å². The minimum atomic E-state index is -1.06. The molecule has 0 atom stereocenters. The van der Waals surface area contributed by atoms with Crippen molar-refractivity contribution in [2.75, 3.05) is 0 Å². The van der Waals surface area contributed by atoms with Gasteiger partial charge < -0.3 is 10.8 Å². The molecule has 3 nitrogen and oxygen atoms in total. The highest BCUT2D eigenvalue weighted by Gasteiger charge is 2.06. The molecule has 13 heavy (non-hydrogen) atoms. The van der Waals surface area contributed by atoms with Crippen molar-refractivity contribution < 1.29 is 14.3 Å². The molecule has 1 aromatic rings. The molecule has 1 rings (SSSR count). The standard InChI is InChI=1S/C9H10FNO2/c10-4-8-3-6(9(12)13)1-2-7(8)5-11/h1-3H,4-5,11H2,(H,12,13). The molecular formula is C9H10FNO2. The molecule has 0 saturated carbocycles. The Bertz CT molecular complexity index is 325. The summed E-state index contributed by atoms with van der Waals surface area (Å²) in [6, 6.07) is 4.27. The highest BCUT2D eigenvalue weighted by molar-refractivity contribution is 5.87. The van der Waals surface area contributed by atoms with Crippen LogP contribution in [-0.4, -0.2) is 11.1 Å². The summed E-state index contributed by atoms with van der Waals surface area (Å²) in [5.74, 6) is -1.06. The number of carboxylic acid groups (broad SMARTS) is 1. The third kappa shape index (κ3) is 2.03. The fourth-order valence-electron chi connectivity index (χ4n) is 1.08. The van der Waals surface area contributed by atoms with E-state index in [9.17, 15) is 9.18 Å². The van der Waals surface area contributed by atoms with E-state index in [0.717, 1.165) is 0 Å². The number of alkyl halides is 1. The minimum absolute atomic E-state index is 0.0878. The van der Waals surface area contributed by atoms with Crippen LogP contribution in [0.3, 0.4) is 0 Å². The lowest BCUT2D eigenvalue weighted by Crippen LogP contribution is -2.04. The van der Waals surface area contributed by atoms with Gasteiger partial charge in [0.2, 0.25) is 0 Å². The molecule has 1 aromatic carbocycles. The van der Waals surface area contributed by atoms with Gasteiger partial charge in [-0.05, 0) is 23.3 Å². The lowest BCUT2D eigenvalue weighted by atomic mass is 10.0. The number of aromatic carboxylic acids is 1. The Morgan fingerprint density at radius 1 is 1.46 bits per heavy atom. The number of rotatable bonds is 3. The molecule has 0 saturated heterocycles. The van der Waals surface area contributed by atoms with Crippen LogP contribution < -0.4 is 5.73 Å². The lowest BCUT2D eigenvalue weighted by molar-refractivity contribution is 0.0696. The fourth-order valence-corrected chi connectivity index (χ4v) is 1.08. The van der Waals surface area contributed by atoms with Crippen LogP contribution in [0.25, 0.3) is 0 Å². The molecule has 0 spiro atoms. The highest BCUT2D eigenvalue weighted by atomic mass is 19.1. The fraction of sp³-hybridized carbons (Fsp3) is 0.222. The quantitative estimate of drug-likeness (QED) is 0.742. The van der Waals surface area contributed by atoms with Crippen molar-refractivity contribution in [2.45, 2.75) is 13.2 Å². The van der Waals surface area contributed by atoms with Gasteiger partial charge in [-0.15, -0.1) is 0 Å². The molecule has 0 radical (unpaired) electrons. The number of benzene rings is 1. The van der Waals surface area contributed by atoms with Crippen molar-refractivity contribution in [3.63, 3.8) is 0 Å². The molecule has 0 aliphatic carbocycles. The molecule has 0 aliphatic rings. The molecule has 3 N–H and O–H groups in total. The first-order valence-corrected chi connectivity index (χ1v) is 3.80. The second kappa shape index (κ2) is 4.00. The summed E-state index contributed by atoms with van der Waals surface area (Å²) in [6.45, 7) is -0.465. The minimum Gasteiger partial charge on any atom is -0.478 e. The van der Waals surface area contributed by atoms with Crippen LogP contribution in [0.4, 0.5) is 4.39 Å². The van der Waals surface area contributed by atoms with Crippen molar-refractivity contribution in [1.82, 2.24) is 0 Å². The lowest BCUT2D eigenvalue weighted by Gasteiger charge is -2.04. The Hall–Kier alpha value is -1.42. The molecule has 0 aromatic heterocycles. The van der Waals surface area contributed by atoms with Crippen molar-refractivity contribution >= 4 is 5.97 Å². The number of nitrogens with two attached hydrogens (primary N) is 1. The number of carbonyl (C=O) groups is 1. The maximum absolute atomic E-state index is 12.4. The second-order valence-corrected chi connectivity index (χ2v) is 2.63. The average Bonchev–Trinajstić information content (AvgIpc) is 2.16. The molecule has 0 heterocycles. The molecular weight excluding hydrogens is 173 g/mol. The molecule has 0 bridgehead atoms. The van der Waals surface area contributed by atoms with E-state index in [1.165, 1.54) is 12.1 Å². The van der Waals surface area contributed by atoms with E-state index in [0.29, 0.717) is 11.1 Å². The van der Waals surface area contributed by atoms with E-state index >= 15 is 0 Å². The molecule has 0 unspecified atom stereocenters. The van der Waals surface area contributed by atoms with Gasteiger partial charge in [0.05, 0.1) is 5.56 Å². The average molecular weight is 183 g/mol. The predicted molar refractivity (Wildman–Crippen MR) is 46.1 cm³/mol. The van der Waals surface area contributed by atoms with Crippen molar-refractivity contribution in [1.29, 1.82) is 0 Å². The van der Waals surface area contributed by atoms with Gasteiger partial charge in [-0.1, -0.05) is 6.07 Å². The van der Waals surface area contributed by atoms with Crippen LogP contribution >= 0.6 is 0 Å². The predicted octanol–water partition coefficient (Wildman–Crippen LogP) is 1.31. The summed E-state index contributed by atoms with van der Waals surface area (Å²) in [5, 5.41) is 8.61. The van der Waals surface area contributed by atoms with Crippen LogP contribution in [0.5, 0.6) is 0 Å². The zero-order valence-corrected chi connectivity index (χ0v) is 6.96. The Labute approximate surface area is 75.0 Å². The summed E-state index contributed by atoms with van der Waals surface area (Å²) >= 11 is 0. The zero-order valence-electron chi connectivity index (χ0n) is 6.96. The summed E-state index contributed by atoms with van der Waals surface area (Å²) < 4.78 is 12.4. The highest BCUT2D eigenvalue weighted by Crippen LogP contribution is 2.13. The maximum Gasteiger partial charge on any atom is 0.335 e. The van der Waals surface area contributed by atoms with Gasteiger partial charge in [0, 0.05) is 6.54 Å². The van der Waals surface area contributed by atoms with Crippen molar-refractivity contribution in [2.24, 2.45) is 5.73 Å². The molecule has 0 fully saturated rings. The van der Waals surface area contributed by atoms with Gasteiger partial charge in [-0.25, -0.2) is 9.18 Å². The first-order valence-electron chi connectivity index (χ1n) is 3.80. The molecule has 0 amide bonds. The van der Waals surface area contributed by atoms with E-state index in [1.807, 2.05) is 0 Å². The Morgan fingerprint density at radius 2 is 2.15 bits per heavy atom. The summed E-state index contributed by atoms with van der Waals surface area (Å²) in [4.78, 5) is 10.5. The summed E-state index contributed by atoms with van der Waals surface area (Å²) in [7, 11) is 0. The van der Waals surface area contributed by atoms with Crippen LogP contribution in [-0.2, 0) is 13.2 Å². The normalized spacial score (nSPS) is 10.0. The van der Waals surface area contributed by atoms with Gasteiger partial charge in [0.15, 0.2) is 0 Å². The maximum atomic E-state index is 12.4. The van der Waals surface area contributed by atoms with Gasteiger partial charge in [-0.3, -0.25) is 0 Å². The number of carboxylic acids is 1. The topological polar surface area (TPSA) is 63.3 Å². The van der Waals surface area contributed by atoms with Crippen molar-refractivity contribution in [3.05, 3.63) is 34.9 Å². The number of hydrogen-bond donors (Lipinski definition) is 2. The zero-order chi connectivity index (χ0) is 9.84. The number of hydrogen-bond acceptors (Lipinski definition) is 2. The van der Waals surface area contributed by atoms with Gasteiger partial charge >= 0.3 is 5.97 Å². The van der Waals surface area contributed by atoms with Gasteiger partial charge in [0.25, 0.3) is 0 Å². The first kappa shape index (κ1) is 9.67. The van der Waals surface area contributed by atoms with E-state index in [2.05, 4.69) is 0 Å². The molecule has 0 aliphatic heterocycles. The number of halogens is 1. The SMILES string of the molecule is NCc1ccc(C(=O)O)cc1CF. The van der Waals surface area contributed by atoms with Crippen LogP contribution in [0.1, 0.15) is 21.5 Å². The van der Waals surface area contributed by atoms with Crippen LogP contribution in [0.2, 0.25) is 0 Å². The Balaban J connectivity index is 3.13. The summed E-state index contributed by atoms with van der Waals surface area (Å²) in [5.41, 5.74) is 6.42. The Kier molecular flexibility index (Phi) is 2.97. The third-order valence-electron chi connectivity index (χ3n) is 1.82. The first-order chi connectivity index (χ1) is 6.19. The van der Waals surface area contributed by atoms with Crippen molar-refractivity contribution in [3.8, 4) is 0 Å². The third-order valence-corrected chi connectivity index (χ3v) is 1.82. The smallest absolute Gasteiger partial charge is 0.335 e. The largest absolute Gasteiger partial charge is 0.478 e. The second-order valence-electron chi connectivity index (χ2n) is 2.63. The van der Waals surface area contributed by atoms with Crippen LogP contribution in [0, 0.1) is 0 Å². The monoisotopic (exact) mass is 183 g/mol. The van der Waals surface area contributed by atoms with E-state index < -0.39 is 12.6 Å². The molecule has 4 heteroatoms. The van der Waals surface area contributed by atoms with E-state index in [4.69, 9.17) is 10.8 Å². The van der Waals surface area contributed by atoms with Crippen LogP contribution in [0.15, 0.2) is 18.2 Å². The summed E-state index contributed by atoms with van der Waals surface area (Å²) in [6.07, 6.45) is 0.